The molecule has 7 heterocycles. The van der Waals surface area contributed by atoms with E-state index < -0.39 is 131 Å². The van der Waals surface area contributed by atoms with Crippen molar-refractivity contribution in [1.82, 2.24) is 45.2 Å². The van der Waals surface area contributed by atoms with Crippen LogP contribution >= 0.6 is 12.1 Å². The first kappa shape index (κ1) is 103. The molecule has 125 heavy (non-hydrogen) atoms. The first-order valence-corrected chi connectivity index (χ1v) is 45.9. The number of nitrogens with two attached hydrogens (primary N) is 2. The van der Waals surface area contributed by atoms with Crippen LogP contribution in [0, 0.1) is 59.7 Å². The molecule has 11 rings (SSSR count). The summed E-state index contributed by atoms with van der Waals surface area (Å²) < 4.78 is 75.4. The second-order valence-electron chi connectivity index (χ2n) is 37.1. The number of aryl methyl sites for hydroxylation is 1. The van der Waals surface area contributed by atoms with Crippen LogP contribution in [0.1, 0.15) is 192 Å². The number of esters is 2. The number of hydrogen-bond donors (Lipinski definition) is 6. The van der Waals surface area contributed by atoms with Gasteiger partial charge in [-0.25, -0.2) is 9.59 Å². The van der Waals surface area contributed by atoms with E-state index in [1.54, 1.807) is 56.7 Å². The molecule has 0 spiro atoms. The molecule has 34 heteroatoms. The monoisotopic (exact) mass is 1770 g/mol. The smallest absolute Gasteiger partial charge is 0.410 e. The average Bonchev–Trinajstić information content (AvgIpc) is 1.59. The maximum atomic E-state index is 14.5. The third kappa shape index (κ3) is 25.8. The van der Waals surface area contributed by atoms with Gasteiger partial charge >= 0.3 is 24.1 Å². The Balaban J connectivity index is 0.000000276. The molecule has 8 aliphatic rings. The molecule has 2 saturated carbocycles. The van der Waals surface area contributed by atoms with Gasteiger partial charge in [-0.2, -0.15) is 3.89 Å². The Kier molecular flexibility index (Phi) is 38.1. The third-order valence-electron chi connectivity index (χ3n) is 26.7. The van der Waals surface area contributed by atoms with Crippen molar-refractivity contribution in [2.75, 3.05) is 92.9 Å². The summed E-state index contributed by atoms with van der Waals surface area (Å²) in [5, 5.41) is 42.9. The molecule has 3 aromatic rings. The molecule has 26 atom stereocenters. The van der Waals surface area contributed by atoms with Gasteiger partial charge in [-0.05, 0) is 246 Å². The number of cyclic esters (lactones) is 2. The minimum absolute atomic E-state index is 0.00489. The molecule has 6 aliphatic heterocycles. The molecule has 6 unspecified atom stereocenters. The number of methoxy groups -OCH3 is 2. The number of nitrogen functional groups attached to an aromatic ring is 2. The van der Waals surface area contributed by atoms with Crippen molar-refractivity contribution in [2.24, 2.45) is 52.5 Å². The Hall–Kier alpha value is -7.33. The zero-order chi connectivity index (χ0) is 92.3. The SMILES string of the molecule is C#Cc1cccc(N)c1.CC[C@H]1OC(=O)[C@H](C)C(=O)[C@H](C)[C@@H](O[C@@H]2OC(C)CC(N(C)C)C2O)[C@](C)(OC)C[C@@H](C)CN[C@H](C2CC2)[C@H]2N(CCCCN=[N+]=[N-])C(=O)O[C@]12C.CC[C@H]1OC(=O)[C@H](C)C(=O)[C@H](C)[C@@H](O[C@@H]2OC(C)CC(N(C)C)C2O)[C@](C)(OC)C[C@@H](C)CN[C@H](C2CC2)[C@H]2N(CCCCn3cc(-c4cccc(N)c4)nn3)C(=O)O[C@]12C.CSF. The van der Waals surface area contributed by atoms with Crippen LogP contribution in [0.5, 0.6) is 0 Å². The molecule has 1 aromatic heterocycles. The van der Waals surface area contributed by atoms with Crippen LogP contribution in [0.4, 0.5) is 24.8 Å². The van der Waals surface area contributed by atoms with Gasteiger partial charge < -0.3 is 89.5 Å². The van der Waals surface area contributed by atoms with Crippen LogP contribution in [0.15, 0.2) is 59.8 Å². The van der Waals surface area contributed by atoms with E-state index in [0.29, 0.717) is 108 Å². The zero-order valence-corrected chi connectivity index (χ0v) is 78.4. The minimum Gasteiger partial charge on any atom is -0.458 e. The number of ketones is 2. The van der Waals surface area contributed by atoms with Crippen molar-refractivity contribution in [3.05, 3.63) is 70.7 Å². The van der Waals surface area contributed by atoms with Crippen molar-refractivity contribution >= 4 is 59.2 Å². The van der Waals surface area contributed by atoms with E-state index in [9.17, 15) is 42.9 Å². The minimum atomic E-state index is -1.21. The number of halogens is 1. The number of aromatic nitrogens is 3. The highest BCUT2D eigenvalue weighted by atomic mass is 32.2. The number of amides is 2. The number of Topliss-reactive ketones (excluding diaryl/α,β-unsaturated/α-hetero) is 2. The normalized spacial score (nSPS) is 35.8. The lowest BCUT2D eigenvalue weighted by Gasteiger charge is -2.46. The number of aliphatic hydroxyl groups excluding tert-OH is 2. The quantitative estimate of drug-likeness (QED) is 0.00591. The Labute approximate surface area is 744 Å². The number of nitrogens with one attached hydrogen (secondary N) is 2. The fourth-order valence-corrected chi connectivity index (χ4v) is 19.5. The van der Waals surface area contributed by atoms with Gasteiger partial charge in [-0.1, -0.05) is 76.0 Å². The van der Waals surface area contributed by atoms with Gasteiger partial charge in [0, 0.05) is 122 Å². The van der Waals surface area contributed by atoms with Gasteiger partial charge in [-0.3, -0.25) is 33.7 Å². The topological polar surface area (TPSA) is 404 Å². The first-order valence-electron chi connectivity index (χ1n) is 44.8. The highest BCUT2D eigenvalue weighted by Crippen LogP contribution is 2.49. The van der Waals surface area contributed by atoms with Gasteiger partial charge in [0.15, 0.2) is 35.3 Å². The Bertz CT molecular complexity index is 4100. The van der Waals surface area contributed by atoms with E-state index in [4.69, 9.17) is 70.8 Å². The highest BCUT2D eigenvalue weighted by Gasteiger charge is 2.64. The molecule has 32 nitrogen and oxygen atoms in total. The summed E-state index contributed by atoms with van der Waals surface area (Å²) in [6, 6.07) is 13.1. The van der Waals surface area contributed by atoms with Crippen LogP contribution < -0.4 is 22.1 Å². The molecule has 0 radical (unpaired) electrons. The number of terminal acetylenes is 1. The largest absolute Gasteiger partial charge is 0.458 e. The molecule has 2 amide bonds. The maximum absolute atomic E-state index is 14.5. The van der Waals surface area contributed by atoms with E-state index in [1.165, 1.54) is 13.2 Å². The van der Waals surface area contributed by atoms with Crippen LogP contribution in [-0.2, 0) is 73.1 Å². The van der Waals surface area contributed by atoms with Crippen molar-refractivity contribution in [3.63, 3.8) is 0 Å². The summed E-state index contributed by atoms with van der Waals surface area (Å²) in [5.74, 6) is -3.17. The highest BCUT2D eigenvalue weighted by molar-refractivity contribution is 7.93. The summed E-state index contributed by atoms with van der Waals surface area (Å²) in [7, 11) is 10.8. The van der Waals surface area contributed by atoms with Crippen LogP contribution in [0.25, 0.3) is 21.7 Å². The van der Waals surface area contributed by atoms with Crippen molar-refractivity contribution in [2.45, 2.75) is 313 Å². The zero-order valence-electron chi connectivity index (χ0n) is 77.6. The Morgan fingerprint density at radius 2 is 1.08 bits per heavy atom. The lowest BCUT2D eigenvalue weighted by Crippen LogP contribution is -2.62. The number of carbonyl (C=O) groups is 6. The second kappa shape index (κ2) is 46.3. The number of carbonyl (C=O) groups excluding carboxylic acids is 6. The molecule has 0 bridgehead atoms. The molecular weight excluding hydrogens is 1630 g/mol. The van der Waals surface area contributed by atoms with Gasteiger partial charge in [0.25, 0.3) is 0 Å². The van der Waals surface area contributed by atoms with E-state index in [-0.39, 0.29) is 83.8 Å². The van der Waals surface area contributed by atoms with Gasteiger partial charge in [0.05, 0.1) is 53.9 Å². The van der Waals surface area contributed by atoms with E-state index in [0.717, 1.165) is 48.9 Å². The molecule has 8 N–H and O–H groups in total. The second-order valence-corrected chi connectivity index (χ2v) is 37.4. The predicted molar refractivity (Wildman–Crippen MR) is 476 cm³/mol. The lowest BCUT2D eigenvalue weighted by molar-refractivity contribution is -0.295. The van der Waals surface area contributed by atoms with Crippen LogP contribution in [0.3, 0.4) is 0 Å². The standard InChI is InChI=1S/C45H71N7O9.C37H64N6O9.C8H7N.CH3FS/c1-11-35-45(7)39(52(43(56)61-45)20-13-12-19-51-25-33(48-49-51)31-15-14-16-32(46)22-31)36(30-17-18-30)47-24-26(2)23-44(6,57-10)40(28(4)37(53)29(5)41(55)59-35)60-42-38(54)34(50(8)9)21-27(3)58-42;1-11-27-37(7)31(43(35(47)52-37)17-13-12-16-40-41-38)28(25-14-15-25)39-20-21(2)19-36(6,48-10)32(23(4)29(44)24(5)33(46)50-27)51-34-30(45)26(42(8)9)18-22(3)49-34;1-2-7-4-3-5-8(9)6-7;1-3-2/h14-16,22,25-30,34-36,38-40,42,47,54H,11-13,17-21,23-24,46H2,1-10H3;21-28,30-32,34,39,45H,11-20H2,1-10H3;1,3-6H,9H2;1H3/t26-,27?,28+,29-,34?,35-,36-,38?,39-,40-,42+,44-,45-;21-,22?,23+,24-,26?,27-,28-,30?,31-,32-,34+,36-,37-;;/m11../s1. The number of nitrogens with zero attached hydrogens (tertiary/aromatic N) is 10. The summed E-state index contributed by atoms with van der Waals surface area (Å²) in [4.78, 5) is 95.0. The number of likely N-dealkylation sites (N-methyl/N-ethyl adjacent to an activating group) is 2. The number of ether oxygens (including phenoxy) is 10. The molecule has 2 aromatic carbocycles. The first-order chi connectivity index (χ1) is 59.2. The van der Waals surface area contributed by atoms with Crippen LogP contribution in [0.2, 0.25) is 0 Å². The third-order valence-corrected chi connectivity index (χ3v) is 26.7. The summed E-state index contributed by atoms with van der Waals surface area (Å²) in [6.07, 6.45) is 9.04. The number of anilines is 2. The lowest BCUT2D eigenvalue weighted by atomic mass is 9.78. The number of fused-ring (bicyclic) bond motifs is 2. The average molecular weight is 1770 g/mol. The summed E-state index contributed by atoms with van der Waals surface area (Å²) in [5.41, 5.74) is 19.5. The van der Waals surface area contributed by atoms with E-state index >= 15 is 0 Å². The van der Waals surface area contributed by atoms with Crippen molar-refractivity contribution in [3.8, 4) is 23.6 Å². The van der Waals surface area contributed by atoms with Crippen molar-refractivity contribution < 1.29 is 90.2 Å². The fraction of sp³-hybridized carbons (Fsp3) is 0.758. The molecular formula is C91H145FN14O18S. The Morgan fingerprint density at radius 3 is 1.46 bits per heavy atom. The number of benzene rings is 2. The van der Waals surface area contributed by atoms with Gasteiger partial charge in [0.1, 0.15) is 41.9 Å². The van der Waals surface area contributed by atoms with E-state index in [2.05, 4.69) is 50.7 Å². The van der Waals surface area contributed by atoms with Crippen molar-refractivity contribution in [1.29, 1.82) is 0 Å². The number of hydrogen-bond acceptors (Lipinski definition) is 28. The van der Waals surface area contributed by atoms with Gasteiger partial charge in [-0.15, -0.1) is 11.5 Å². The number of rotatable bonds is 23. The maximum Gasteiger partial charge on any atom is 0.410 e. The van der Waals surface area contributed by atoms with E-state index in [1.807, 2.05) is 141 Å². The predicted octanol–water partition coefficient (Wildman–Crippen LogP) is 11.6. The molecule has 2 aliphatic carbocycles. The molecule has 8 fully saturated rings. The van der Waals surface area contributed by atoms with Gasteiger partial charge in [0.2, 0.25) is 0 Å². The molecule has 700 valence electrons. The van der Waals surface area contributed by atoms with Crippen LogP contribution in [-0.4, -0.2) is 282 Å². The summed E-state index contributed by atoms with van der Waals surface area (Å²) >= 11 is 0.250. The number of aliphatic hydroxyl groups is 2. The fourth-order valence-electron chi connectivity index (χ4n) is 19.5. The number of unbranched alkanes of at least 4 members (excludes halogenated alkanes) is 2. The number of azide groups is 1. The molecule has 6 saturated heterocycles. The summed E-state index contributed by atoms with van der Waals surface area (Å²) in [6.45, 7) is 28.9. The Morgan fingerprint density at radius 1 is 0.664 bits per heavy atom.